The number of fused-ring (bicyclic) bond motifs is 1. The summed E-state index contributed by atoms with van der Waals surface area (Å²) in [6.07, 6.45) is 1.19. The van der Waals surface area contributed by atoms with Gasteiger partial charge in [-0.05, 0) is 49.6 Å². The lowest BCUT2D eigenvalue weighted by molar-refractivity contribution is 0.0770. The SMILES string of the molecule is CCOc1ccc2cc(C(=O)N(C)Cc3ccc([C@H]4C[C@H]4C)o3)[nH]c2c1. The summed E-state index contributed by atoms with van der Waals surface area (Å²) in [4.78, 5) is 17.6. The first-order chi connectivity index (χ1) is 12.5. The highest BCUT2D eigenvalue weighted by molar-refractivity contribution is 5.98. The van der Waals surface area contributed by atoms with Gasteiger partial charge in [-0.15, -0.1) is 0 Å². The summed E-state index contributed by atoms with van der Waals surface area (Å²) >= 11 is 0. The Labute approximate surface area is 152 Å². The van der Waals surface area contributed by atoms with Crippen LogP contribution in [0.2, 0.25) is 0 Å². The van der Waals surface area contributed by atoms with E-state index < -0.39 is 0 Å². The lowest BCUT2D eigenvalue weighted by atomic mass is 10.2. The molecule has 1 aliphatic carbocycles. The maximum absolute atomic E-state index is 12.8. The van der Waals surface area contributed by atoms with Gasteiger partial charge in [-0.25, -0.2) is 0 Å². The zero-order chi connectivity index (χ0) is 18.3. The molecule has 1 amide bonds. The highest BCUT2D eigenvalue weighted by Gasteiger charge is 2.36. The van der Waals surface area contributed by atoms with E-state index in [2.05, 4.69) is 11.9 Å². The van der Waals surface area contributed by atoms with Gasteiger partial charge in [-0.2, -0.15) is 0 Å². The molecule has 0 saturated heterocycles. The molecule has 0 bridgehead atoms. The van der Waals surface area contributed by atoms with E-state index in [1.807, 2.05) is 43.3 Å². The van der Waals surface area contributed by atoms with Crippen LogP contribution >= 0.6 is 0 Å². The molecule has 0 spiro atoms. The number of rotatable bonds is 6. The molecule has 5 heteroatoms. The normalized spacial score (nSPS) is 18.9. The van der Waals surface area contributed by atoms with Crippen molar-refractivity contribution in [2.75, 3.05) is 13.7 Å². The largest absolute Gasteiger partial charge is 0.494 e. The lowest BCUT2D eigenvalue weighted by Gasteiger charge is -2.14. The Kier molecular flexibility index (Phi) is 4.23. The Hall–Kier alpha value is -2.69. The number of hydrogen-bond acceptors (Lipinski definition) is 3. The third kappa shape index (κ3) is 3.21. The van der Waals surface area contributed by atoms with Gasteiger partial charge in [0.2, 0.25) is 0 Å². The van der Waals surface area contributed by atoms with Gasteiger partial charge >= 0.3 is 0 Å². The van der Waals surface area contributed by atoms with Gasteiger partial charge in [0.05, 0.1) is 13.2 Å². The summed E-state index contributed by atoms with van der Waals surface area (Å²) in [5.41, 5.74) is 1.47. The van der Waals surface area contributed by atoms with Gasteiger partial charge in [0, 0.05) is 29.9 Å². The van der Waals surface area contributed by atoms with E-state index in [0.717, 1.165) is 28.2 Å². The van der Waals surface area contributed by atoms with Crippen LogP contribution in [-0.4, -0.2) is 29.4 Å². The van der Waals surface area contributed by atoms with Crippen LogP contribution in [0.1, 0.15) is 48.2 Å². The van der Waals surface area contributed by atoms with Crippen LogP contribution in [0.3, 0.4) is 0 Å². The van der Waals surface area contributed by atoms with Crippen molar-refractivity contribution in [2.45, 2.75) is 32.7 Å². The minimum atomic E-state index is -0.0584. The van der Waals surface area contributed by atoms with Gasteiger partial charge in [0.15, 0.2) is 0 Å². The summed E-state index contributed by atoms with van der Waals surface area (Å²) in [5.74, 6) is 3.87. The first kappa shape index (κ1) is 16.8. The Morgan fingerprint density at radius 1 is 1.31 bits per heavy atom. The van der Waals surface area contributed by atoms with E-state index >= 15 is 0 Å². The van der Waals surface area contributed by atoms with Crippen LogP contribution in [0.25, 0.3) is 10.9 Å². The molecular formula is C21H24N2O3. The topological polar surface area (TPSA) is 58.5 Å². The van der Waals surface area contributed by atoms with Crippen molar-refractivity contribution in [2.24, 2.45) is 5.92 Å². The first-order valence-corrected chi connectivity index (χ1v) is 9.14. The smallest absolute Gasteiger partial charge is 0.270 e. The minimum absolute atomic E-state index is 0.0584. The highest BCUT2D eigenvalue weighted by Crippen LogP contribution is 2.47. The number of amides is 1. The van der Waals surface area contributed by atoms with E-state index in [1.165, 1.54) is 6.42 Å². The van der Waals surface area contributed by atoms with Crippen molar-refractivity contribution in [3.63, 3.8) is 0 Å². The molecule has 1 saturated carbocycles. The zero-order valence-electron chi connectivity index (χ0n) is 15.4. The number of aromatic nitrogens is 1. The third-order valence-electron chi connectivity index (χ3n) is 5.03. The van der Waals surface area contributed by atoms with Crippen molar-refractivity contribution in [1.82, 2.24) is 9.88 Å². The van der Waals surface area contributed by atoms with E-state index in [0.29, 0.717) is 30.7 Å². The molecule has 1 fully saturated rings. The molecule has 3 aromatic rings. The zero-order valence-corrected chi connectivity index (χ0v) is 15.4. The number of hydrogen-bond donors (Lipinski definition) is 1. The van der Waals surface area contributed by atoms with Gasteiger partial charge in [-0.1, -0.05) is 6.92 Å². The van der Waals surface area contributed by atoms with E-state index in [-0.39, 0.29) is 5.91 Å². The fourth-order valence-electron chi connectivity index (χ4n) is 3.39. The van der Waals surface area contributed by atoms with E-state index in [1.54, 1.807) is 11.9 Å². The second-order valence-electron chi connectivity index (χ2n) is 7.15. The molecule has 2 aromatic heterocycles. The number of carbonyl (C=O) groups is 1. The number of nitrogens with zero attached hydrogens (tertiary/aromatic N) is 1. The number of aromatic amines is 1. The summed E-state index contributed by atoms with van der Waals surface area (Å²) in [7, 11) is 1.79. The van der Waals surface area contributed by atoms with Crippen molar-refractivity contribution in [3.8, 4) is 5.75 Å². The second kappa shape index (κ2) is 6.56. The lowest BCUT2D eigenvalue weighted by Crippen LogP contribution is -2.26. The fourth-order valence-corrected chi connectivity index (χ4v) is 3.39. The molecular weight excluding hydrogens is 328 g/mol. The first-order valence-electron chi connectivity index (χ1n) is 9.14. The molecule has 2 atom stereocenters. The van der Waals surface area contributed by atoms with Gasteiger partial charge in [-0.3, -0.25) is 4.79 Å². The Balaban J connectivity index is 1.47. The van der Waals surface area contributed by atoms with Crippen LogP contribution in [0.15, 0.2) is 40.8 Å². The Morgan fingerprint density at radius 3 is 2.85 bits per heavy atom. The number of furan rings is 1. The molecule has 0 aliphatic heterocycles. The minimum Gasteiger partial charge on any atom is -0.494 e. The molecule has 0 radical (unpaired) electrons. The van der Waals surface area contributed by atoms with Gasteiger partial charge in [0.25, 0.3) is 5.91 Å². The predicted molar refractivity (Wildman–Crippen MR) is 100 cm³/mol. The summed E-state index contributed by atoms with van der Waals surface area (Å²) in [6, 6.07) is 11.7. The fraction of sp³-hybridized carbons (Fsp3) is 0.381. The van der Waals surface area contributed by atoms with E-state index in [4.69, 9.17) is 9.15 Å². The van der Waals surface area contributed by atoms with Gasteiger partial charge in [0.1, 0.15) is 23.0 Å². The number of ether oxygens (including phenoxy) is 1. The monoisotopic (exact) mass is 352 g/mol. The number of benzene rings is 1. The standard InChI is InChI=1S/C21H24N2O3/c1-4-25-15-6-5-14-10-19(22-18(14)11-15)21(24)23(3)12-16-7-8-20(26-16)17-9-13(17)2/h5-8,10-11,13,17,22H,4,9,12H2,1-3H3/t13-,17+/m1/s1. The maximum atomic E-state index is 12.8. The summed E-state index contributed by atoms with van der Waals surface area (Å²) in [6.45, 7) is 5.26. The number of carbonyl (C=O) groups excluding carboxylic acids is 1. The van der Waals surface area contributed by atoms with Crippen molar-refractivity contribution >= 4 is 16.8 Å². The predicted octanol–water partition coefficient (Wildman–Crippen LogP) is 4.56. The average Bonchev–Trinajstić information content (AvgIpc) is 3.02. The van der Waals surface area contributed by atoms with Crippen molar-refractivity contribution < 1.29 is 13.9 Å². The molecule has 2 heterocycles. The van der Waals surface area contributed by atoms with Gasteiger partial charge < -0.3 is 19.0 Å². The Bertz CT molecular complexity index is 940. The second-order valence-corrected chi connectivity index (χ2v) is 7.15. The van der Waals surface area contributed by atoms with Crippen LogP contribution in [-0.2, 0) is 6.54 Å². The molecule has 1 N–H and O–H groups in total. The van der Waals surface area contributed by atoms with E-state index in [9.17, 15) is 4.79 Å². The number of nitrogens with one attached hydrogen (secondary N) is 1. The number of H-pyrrole nitrogens is 1. The molecule has 136 valence electrons. The quantitative estimate of drug-likeness (QED) is 0.708. The Morgan fingerprint density at radius 2 is 2.12 bits per heavy atom. The van der Waals surface area contributed by atoms with Crippen LogP contribution in [0.5, 0.6) is 5.75 Å². The average molecular weight is 352 g/mol. The van der Waals surface area contributed by atoms with Crippen molar-refractivity contribution in [1.29, 1.82) is 0 Å². The molecule has 0 unspecified atom stereocenters. The molecule has 26 heavy (non-hydrogen) atoms. The molecule has 1 aliphatic rings. The summed E-state index contributed by atoms with van der Waals surface area (Å²) < 4.78 is 11.4. The van der Waals surface area contributed by atoms with Crippen LogP contribution in [0.4, 0.5) is 0 Å². The molecule has 4 rings (SSSR count). The molecule has 1 aromatic carbocycles. The van der Waals surface area contributed by atoms with Crippen LogP contribution < -0.4 is 4.74 Å². The molecule has 5 nitrogen and oxygen atoms in total. The summed E-state index contributed by atoms with van der Waals surface area (Å²) in [5, 5.41) is 0.994. The maximum Gasteiger partial charge on any atom is 0.270 e. The van der Waals surface area contributed by atoms with Crippen LogP contribution in [0, 0.1) is 5.92 Å². The highest BCUT2D eigenvalue weighted by atomic mass is 16.5. The van der Waals surface area contributed by atoms with Crippen molar-refractivity contribution in [3.05, 3.63) is 53.6 Å². The third-order valence-corrected chi connectivity index (χ3v) is 5.03.